The van der Waals surface area contributed by atoms with Crippen molar-refractivity contribution in [2.24, 2.45) is 0 Å². The van der Waals surface area contributed by atoms with Crippen molar-refractivity contribution in [2.45, 2.75) is 58.9 Å². The number of halogens is 1. The summed E-state index contributed by atoms with van der Waals surface area (Å²) in [6, 6.07) is 5.88. The molecule has 6 heteroatoms. The van der Waals surface area contributed by atoms with Gasteiger partial charge in [-0.05, 0) is 68.4 Å². The molecule has 0 spiro atoms. The summed E-state index contributed by atoms with van der Waals surface area (Å²) in [5.41, 5.74) is 11.8. The third-order valence-corrected chi connectivity index (χ3v) is 5.16. The van der Waals surface area contributed by atoms with Crippen molar-refractivity contribution < 1.29 is 9.59 Å². The zero-order valence-electron chi connectivity index (χ0n) is 16.1. The summed E-state index contributed by atoms with van der Waals surface area (Å²) in [5, 5.41) is 3.17. The standard InChI is InChI=1S/C21H27N3O2.ClH/c1-4-6-17-19(13(3)25)12(2)23-20(17)21(26)24-18-8-5-7-14-11-15(22)9-10-16(14)18;/h9-11,18,23H,4-8,22H2,1-3H3,(H,24,26);1H. The monoisotopic (exact) mass is 389 g/mol. The lowest BCUT2D eigenvalue weighted by molar-refractivity contribution is 0.0927. The van der Waals surface area contributed by atoms with Crippen LogP contribution in [0.1, 0.15) is 82.4 Å². The van der Waals surface area contributed by atoms with Crippen LogP contribution in [0.2, 0.25) is 0 Å². The lowest BCUT2D eigenvalue weighted by atomic mass is 9.87. The molecule has 1 amide bonds. The molecule has 0 saturated heterocycles. The van der Waals surface area contributed by atoms with E-state index in [9.17, 15) is 9.59 Å². The number of Topliss-reactive ketones (excluding diaryl/α,β-unsaturated/α-hetero) is 1. The number of nitrogens with two attached hydrogens (primary N) is 1. The van der Waals surface area contributed by atoms with Gasteiger partial charge >= 0.3 is 0 Å². The second-order valence-corrected chi connectivity index (χ2v) is 7.16. The smallest absolute Gasteiger partial charge is 0.268 e. The molecule has 1 aliphatic carbocycles. The number of aryl methyl sites for hydroxylation is 2. The number of carbonyl (C=O) groups excluding carboxylic acids is 2. The number of hydrogen-bond acceptors (Lipinski definition) is 3. The number of rotatable bonds is 5. The van der Waals surface area contributed by atoms with Crippen LogP contribution in [0, 0.1) is 6.92 Å². The number of nitrogen functional groups attached to an aromatic ring is 1. The second kappa shape index (κ2) is 8.61. The van der Waals surface area contributed by atoms with Crippen LogP contribution >= 0.6 is 12.4 Å². The van der Waals surface area contributed by atoms with Gasteiger partial charge in [-0.1, -0.05) is 19.4 Å². The highest BCUT2D eigenvalue weighted by Crippen LogP contribution is 2.31. The predicted octanol–water partition coefficient (Wildman–Crippen LogP) is 4.29. The van der Waals surface area contributed by atoms with Gasteiger partial charge in [-0.2, -0.15) is 0 Å². The molecule has 1 unspecified atom stereocenters. The van der Waals surface area contributed by atoms with Crippen molar-refractivity contribution in [2.75, 3.05) is 5.73 Å². The Bertz CT molecular complexity index is 857. The van der Waals surface area contributed by atoms with E-state index < -0.39 is 0 Å². The summed E-state index contributed by atoms with van der Waals surface area (Å²) in [6.07, 6.45) is 4.50. The van der Waals surface area contributed by atoms with Crippen molar-refractivity contribution in [3.05, 3.63) is 51.8 Å². The first-order valence-electron chi connectivity index (χ1n) is 9.33. The number of nitrogens with one attached hydrogen (secondary N) is 2. The van der Waals surface area contributed by atoms with E-state index in [0.717, 1.165) is 48.2 Å². The Hall–Kier alpha value is -2.27. The minimum absolute atomic E-state index is 0. The molecule has 146 valence electrons. The van der Waals surface area contributed by atoms with Crippen molar-refractivity contribution in [3.63, 3.8) is 0 Å². The van der Waals surface area contributed by atoms with Crippen LogP contribution in [0.4, 0.5) is 5.69 Å². The first-order valence-corrected chi connectivity index (χ1v) is 9.33. The Morgan fingerprint density at radius 1 is 1.33 bits per heavy atom. The van der Waals surface area contributed by atoms with Crippen LogP contribution < -0.4 is 11.1 Å². The highest BCUT2D eigenvalue weighted by molar-refractivity contribution is 6.02. The molecule has 27 heavy (non-hydrogen) atoms. The normalized spacial score (nSPS) is 15.6. The number of aromatic nitrogens is 1. The van der Waals surface area contributed by atoms with Crippen LogP contribution in [0.5, 0.6) is 0 Å². The molecule has 1 aromatic carbocycles. The van der Waals surface area contributed by atoms with Gasteiger partial charge in [-0.15, -0.1) is 12.4 Å². The number of hydrogen-bond donors (Lipinski definition) is 3. The number of anilines is 1. The summed E-state index contributed by atoms with van der Waals surface area (Å²) < 4.78 is 0. The molecule has 5 nitrogen and oxygen atoms in total. The fraction of sp³-hybridized carbons (Fsp3) is 0.429. The van der Waals surface area contributed by atoms with E-state index in [1.807, 2.05) is 25.1 Å². The molecule has 0 fully saturated rings. The zero-order chi connectivity index (χ0) is 18.8. The lowest BCUT2D eigenvalue weighted by Gasteiger charge is -2.26. The maximum absolute atomic E-state index is 13.0. The number of benzene rings is 1. The molecule has 1 heterocycles. The SMILES string of the molecule is CCCc1c(C(=O)NC2CCCc3cc(N)ccc32)[nH]c(C)c1C(C)=O.Cl. The molecule has 1 aliphatic rings. The van der Waals surface area contributed by atoms with Gasteiger partial charge in [0.25, 0.3) is 5.91 Å². The fourth-order valence-corrected chi connectivity index (χ4v) is 4.06. The Kier molecular flexibility index (Phi) is 6.71. The third kappa shape index (κ3) is 4.19. The van der Waals surface area contributed by atoms with Gasteiger partial charge in [-0.3, -0.25) is 9.59 Å². The van der Waals surface area contributed by atoms with Crippen LogP contribution in [0.25, 0.3) is 0 Å². The van der Waals surface area contributed by atoms with Crippen LogP contribution in [-0.2, 0) is 12.8 Å². The van der Waals surface area contributed by atoms with Crippen molar-refractivity contribution in [1.29, 1.82) is 0 Å². The Morgan fingerprint density at radius 2 is 2.07 bits per heavy atom. The first kappa shape index (κ1) is 21.0. The highest BCUT2D eigenvalue weighted by atomic mass is 35.5. The Morgan fingerprint density at radius 3 is 2.74 bits per heavy atom. The van der Waals surface area contributed by atoms with Gasteiger partial charge in [0.05, 0.1) is 6.04 Å². The highest BCUT2D eigenvalue weighted by Gasteiger charge is 2.26. The maximum atomic E-state index is 13.0. The van der Waals surface area contributed by atoms with Gasteiger partial charge in [0.15, 0.2) is 5.78 Å². The number of H-pyrrole nitrogens is 1. The first-order chi connectivity index (χ1) is 12.4. The molecule has 4 N–H and O–H groups in total. The summed E-state index contributed by atoms with van der Waals surface area (Å²) >= 11 is 0. The van der Waals surface area contributed by atoms with E-state index in [-0.39, 0.29) is 30.1 Å². The van der Waals surface area contributed by atoms with E-state index in [1.54, 1.807) is 6.92 Å². The average Bonchev–Trinajstić information content (AvgIpc) is 2.91. The zero-order valence-corrected chi connectivity index (χ0v) is 17.0. The number of fused-ring (bicyclic) bond motifs is 1. The van der Waals surface area contributed by atoms with Crippen molar-refractivity contribution >= 4 is 29.8 Å². The number of amides is 1. The minimum Gasteiger partial charge on any atom is -0.399 e. The van der Waals surface area contributed by atoms with E-state index in [0.29, 0.717) is 17.7 Å². The molecule has 0 saturated carbocycles. The quantitative estimate of drug-likeness (QED) is 0.526. The molecule has 0 bridgehead atoms. The van der Waals surface area contributed by atoms with Gasteiger partial charge < -0.3 is 16.0 Å². The predicted molar refractivity (Wildman–Crippen MR) is 111 cm³/mol. The Balaban J connectivity index is 0.00000261. The third-order valence-electron chi connectivity index (χ3n) is 5.16. The van der Waals surface area contributed by atoms with Crippen LogP contribution in [-0.4, -0.2) is 16.7 Å². The summed E-state index contributed by atoms with van der Waals surface area (Å²) in [7, 11) is 0. The molecular weight excluding hydrogens is 362 g/mol. The van der Waals surface area contributed by atoms with Gasteiger partial charge in [0, 0.05) is 16.9 Å². The van der Waals surface area contributed by atoms with Crippen LogP contribution in [0.15, 0.2) is 18.2 Å². The Labute approximate surface area is 166 Å². The molecule has 2 aromatic rings. The van der Waals surface area contributed by atoms with E-state index >= 15 is 0 Å². The summed E-state index contributed by atoms with van der Waals surface area (Å²) in [5.74, 6) is -0.140. The van der Waals surface area contributed by atoms with E-state index in [2.05, 4.69) is 17.2 Å². The maximum Gasteiger partial charge on any atom is 0.268 e. The largest absolute Gasteiger partial charge is 0.399 e. The van der Waals surface area contributed by atoms with E-state index in [1.165, 1.54) is 5.56 Å². The molecular formula is C21H28ClN3O2. The molecule has 1 aromatic heterocycles. The van der Waals surface area contributed by atoms with Crippen LogP contribution in [0.3, 0.4) is 0 Å². The van der Waals surface area contributed by atoms with E-state index in [4.69, 9.17) is 5.73 Å². The number of carbonyl (C=O) groups is 2. The van der Waals surface area contributed by atoms with Gasteiger partial charge in [0.1, 0.15) is 5.69 Å². The molecule has 0 radical (unpaired) electrons. The molecule has 0 aliphatic heterocycles. The fourth-order valence-electron chi connectivity index (χ4n) is 4.06. The number of aromatic amines is 1. The van der Waals surface area contributed by atoms with Crippen molar-refractivity contribution in [1.82, 2.24) is 10.3 Å². The second-order valence-electron chi connectivity index (χ2n) is 7.16. The van der Waals surface area contributed by atoms with Gasteiger partial charge in [0.2, 0.25) is 0 Å². The summed E-state index contributed by atoms with van der Waals surface area (Å²) in [6.45, 7) is 5.46. The summed E-state index contributed by atoms with van der Waals surface area (Å²) in [4.78, 5) is 28.2. The lowest BCUT2D eigenvalue weighted by Crippen LogP contribution is -2.32. The molecule has 3 rings (SSSR count). The van der Waals surface area contributed by atoms with Gasteiger partial charge in [-0.25, -0.2) is 0 Å². The average molecular weight is 390 g/mol. The minimum atomic E-state index is -0.140. The number of ketones is 1. The van der Waals surface area contributed by atoms with Crippen molar-refractivity contribution in [3.8, 4) is 0 Å². The molecule has 1 atom stereocenters. The topological polar surface area (TPSA) is 88.0 Å².